The van der Waals surface area contributed by atoms with Gasteiger partial charge in [-0.15, -0.1) is 0 Å². The number of hydrogen-bond acceptors (Lipinski definition) is 5. The zero-order chi connectivity index (χ0) is 20.8. The summed E-state index contributed by atoms with van der Waals surface area (Å²) in [5.41, 5.74) is 3.18. The summed E-state index contributed by atoms with van der Waals surface area (Å²) in [5.74, 6) is -0.729. The molecule has 0 bridgehead atoms. The van der Waals surface area contributed by atoms with Crippen LogP contribution in [0.15, 0.2) is 47.3 Å². The highest BCUT2D eigenvalue weighted by Gasteiger charge is 2.11. The van der Waals surface area contributed by atoms with Gasteiger partial charge in [-0.1, -0.05) is 35.9 Å². The van der Waals surface area contributed by atoms with Crippen LogP contribution in [0.25, 0.3) is 10.8 Å². The molecule has 0 aliphatic heterocycles. The van der Waals surface area contributed by atoms with Crippen LogP contribution in [-0.4, -0.2) is 28.7 Å². The number of H-pyrrole nitrogens is 1. The fraction of sp³-hybridized carbons (Fsp3) is 0.273. The Bertz CT molecular complexity index is 1100. The molecule has 0 saturated carbocycles. The van der Waals surface area contributed by atoms with E-state index in [0.29, 0.717) is 17.5 Å². The lowest BCUT2D eigenvalue weighted by molar-refractivity contribution is -0.144. The molecule has 2 N–H and O–H groups in total. The molecule has 29 heavy (non-hydrogen) atoms. The predicted molar refractivity (Wildman–Crippen MR) is 111 cm³/mol. The van der Waals surface area contributed by atoms with Crippen LogP contribution in [0, 0.1) is 6.92 Å². The minimum atomic E-state index is -0.413. The van der Waals surface area contributed by atoms with E-state index in [-0.39, 0.29) is 30.9 Å². The molecular weight excluding hydrogens is 370 g/mol. The first kappa shape index (κ1) is 20.3. The molecule has 0 unspecified atom stereocenters. The number of nitrogens with one attached hydrogen (secondary N) is 2. The molecule has 1 aromatic heterocycles. The third kappa shape index (κ3) is 5.28. The normalized spacial score (nSPS) is 10.7. The maximum absolute atomic E-state index is 12.3. The highest BCUT2D eigenvalue weighted by atomic mass is 16.5. The second-order valence-corrected chi connectivity index (χ2v) is 6.78. The number of hydrogen-bond donors (Lipinski definition) is 2. The predicted octanol–water partition coefficient (Wildman–Crippen LogP) is 3.10. The van der Waals surface area contributed by atoms with Gasteiger partial charge in [0, 0.05) is 23.9 Å². The van der Waals surface area contributed by atoms with Crippen molar-refractivity contribution in [3.8, 4) is 0 Å². The van der Waals surface area contributed by atoms with E-state index in [4.69, 9.17) is 4.74 Å². The molecule has 1 amide bonds. The number of rotatable bonds is 7. The largest absolute Gasteiger partial charge is 0.466 e. The Hall–Kier alpha value is -3.48. The van der Waals surface area contributed by atoms with Crippen molar-refractivity contribution in [2.45, 2.75) is 33.1 Å². The molecule has 150 valence electrons. The van der Waals surface area contributed by atoms with Crippen LogP contribution in [-0.2, 0) is 20.7 Å². The number of amides is 1. The summed E-state index contributed by atoms with van der Waals surface area (Å²) in [5, 5.41) is 10.6. The molecule has 0 saturated heterocycles. The highest BCUT2D eigenvalue weighted by Crippen LogP contribution is 2.21. The Morgan fingerprint density at radius 3 is 2.69 bits per heavy atom. The Morgan fingerprint density at radius 1 is 1.10 bits per heavy atom. The number of anilines is 1. The van der Waals surface area contributed by atoms with Gasteiger partial charge in [0.2, 0.25) is 5.91 Å². The lowest BCUT2D eigenvalue weighted by atomic mass is 10.0. The van der Waals surface area contributed by atoms with Gasteiger partial charge in [0.1, 0.15) is 0 Å². The van der Waals surface area contributed by atoms with Crippen molar-refractivity contribution < 1.29 is 14.3 Å². The van der Waals surface area contributed by atoms with E-state index >= 15 is 0 Å². The molecule has 3 aromatic rings. The first-order valence-corrected chi connectivity index (χ1v) is 9.48. The number of benzene rings is 2. The molecular formula is C22H23N3O4. The summed E-state index contributed by atoms with van der Waals surface area (Å²) in [7, 11) is 0. The van der Waals surface area contributed by atoms with Crippen LogP contribution in [0.1, 0.15) is 36.6 Å². The standard InChI is InChI=1S/C22H23N3O4/c1-3-29-21(27)10-9-20(26)23-16-7-8-17-18(13-16)22(28)25-24-19(17)12-15-6-4-5-14(2)11-15/h4-8,11,13H,3,9-10,12H2,1-2H3,(H,23,26)(H,25,28). The molecule has 7 heteroatoms. The van der Waals surface area contributed by atoms with Gasteiger partial charge in [-0.05, 0) is 31.5 Å². The van der Waals surface area contributed by atoms with Gasteiger partial charge in [-0.3, -0.25) is 14.4 Å². The summed E-state index contributed by atoms with van der Waals surface area (Å²) in [6.07, 6.45) is 0.612. The molecule has 0 radical (unpaired) electrons. The van der Waals surface area contributed by atoms with Crippen molar-refractivity contribution in [1.82, 2.24) is 10.2 Å². The minimum absolute atomic E-state index is 0.0123. The van der Waals surface area contributed by atoms with Gasteiger partial charge in [-0.25, -0.2) is 5.10 Å². The Labute approximate surface area is 168 Å². The van der Waals surface area contributed by atoms with Crippen molar-refractivity contribution in [1.29, 1.82) is 0 Å². The van der Waals surface area contributed by atoms with Gasteiger partial charge >= 0.3 is 5.97 Å². The summed E-state index contributed by atoms with van der Waals surface area (Å²) < 4.78 is 4.81. The van der Waals surface area contributed by atoms with Crippen LogP contribution < -0.4 is 10.9 Å². The number of carbonyl (C=O) groups excluding carboxylic acids is 2. The average molecular weight is 393 g/mol. The van der Waals surface area contributed by atoms with Crippen LogP contribution in [0.5, 0.6) is 0 Å². The fourth-order valence-electron chi connectivity index (χ4n) is 3.12. The Kier molecular flexibility index (Phi) is 6.39. The zero-order valence-corrected chi connectivity index (χ0v) is 16.5. The van der Waals surface area contributed by atoms with E-state index in [9.17, 15) is 14.4 Å². The molecule has 7 nitrogen and oxygen atoms in total. The summed E-state index contributed by atoms with van der Waals surface area (Å²) in [4.78, 5) is 35.7. The monoisotopic (exact) mass is 393 g/mol. The first-order chi connectivity index (χ1) is 14.0. The third-order valence-corrected chi connectivity index (χ3v) is 4.47. The van der Waals surface area contributed by atoms with E-state index in [1.54, 1.807) is 25.1 Å². The molecule has 3 rings (SSSR count). The first-order valence-electron chi connectivity index (χ1n) is 9.48. The Balaban J connectivity index is 1.79. The number of fused-ring (bicyclic) bond motifs is 1. The number of carbonyl (C=O) groups is 2. The van der Waals surface area contributed by atoms with Crippen molar-refractivity contribution in [2.24, 2.45) is 0 Å². The second-order valence-electron chi connectivity index (χ2n) is 6.78. The number of ether oxygens (including phenoxy) is 1. The quantitative estimate of drug-likeness (QED) is 0.601. The van der Waals surface area contributed by atoms with Gasteiger partial charge in [0.15, 0.2) is 0 Å². The number of aromatic nitrogens is 2. The average Bonchev–Trinajstić information content (AvgIpc) is 2.69. The molecule has 1 heterocycles. The van der Waals surface area contributed by atoms with Crippen LogP contribution >= 0.6 is 0 Å². The number of nitrogens with zero attached hydrogens (tertiary/aromatic N) is 1. The topological polar surface area (TPSA) is 101 Å². The second kappa shape index (κ2) is 9.14. The molecule has 0 aliphatic carbocycles. The Morgan fingerprint density at radius 2 is 1.93 bits per heavy atom. The van der Waals surface area contributed by atoms with Crippen molar-refractivity contribution in [2.75, 3.05) is 11.9 Å². The van der Waals surface area contributed by atoms with E-state index in [2.05, 4.69) is 21.6 Å². The minimum Gasteiger partial charge on any atom is -0.466 e. The lowest BCUT2D eigenvalue weighted by Gasteiger charge is -2.09. The maximum atomic E-state index is 12.3. The molecule has 2 aromatic carbocycles. The smallest absolute Gasteiger partial charge is 0.306 e. The van der Waals surface area contributed by atoms with E-state index in [0.717, 1.165) is 22.2 Å². The van der Waals surface area contributed by atoms with Crippen LogP contribution in [0.2, 0.25) is 0 Å². The van der Waals surface area contributed by atoms with Crippen molar-refractivity contribution in [3.63, 3.8) is 0 Å². The van der Waals surface area contributed by atoms with Crippen molar-refractivity contribution >= 4 is 28.3 Å². The third-order valence-electron chi connectivity index (χ3n) is 4.47. The molecule has 0 fully saturated rings. The SMILES string of the molecule is CCOC(=O)CCC(=O)Nc1ccc2c(Cc3cccc(C)c3)n[nH]c(=O)c2c1. The van der Waals surface area contributed by atoms with Crippen LogP contribution in [0.3, 0.4) is 0 Å². The number of esters is 1. The van der Waals surface area contributed by atoms with Crippen LogP contribution in [0.4, 0.5) is 5.69 Å². The summed E-state index contributed by atoms with van der Waals surface area (Å²) in [6, 6.07) is 13.2. The van der Waals surface area contributed by atoms with Gasteiger partial charge < -0.3 is 10.1 Å². The fourth-order valence-corrected chi connectivity index (χ4v) is 3.12. The van der Waals surface area contributed by atoms with Gasteiger partial charge in [0.25, 0.3) is 5.56 Å². The number of aryl methyl sites for hydroxylation is 1. The maximum Gasteiger partial charge on any atom is 0.306 e. The number of aromatic amines is 1. The molecule has 0 aliphatic rings. The summed E-state index contributed by atoms with van der Waals surface area (Å²) >= 11 is 0. The van der Waals surface area contributed by atoms with E-state index in [1.165, 1.54) is 0 Å². The molecule has 0 atom stereocenters. The van der Waals surface area contributed by atoms with Gasteiger partial charge in [0.05, 0.1) is 24.1 Å². The van der Waals surface area contributed by atoms with Crippen molar-refractivity contribution in [3.05, 3.63) is 69.6 Å². The molecule has 0 spiro atoms. The lowest BCUT2D eigenvalue weighted by Crippen LogP contribution is -2.15. The van der Waals surface area contributed by atoms with Gasteiger partial charge in [-0.2, -0.15) is 5.10 Å². The van der Waals surface area contributed by atoms with E-state index < -0.39 is 5.97 Å². The summed E-state index contributed by atoms with van der Waals surface area (Å²) in [6.45, 7) is 4.03. The zero-order valence-electron chi connectivity index (χ0n) is 16.5. The highest BCUT2D eigenvalue weighted by molar-refractivity contribution is 5.95. The van der Waals surface area contributed by atoms with E-state index in [1.807, 2.05) is 25.1 Å².